The number of esters is 1. The van der Waals surface area contributed by atoms with E-state index in [2.05, 4.69) is 19.6 Å². The van der Waals surface area contributed by atoms with E-state index in [1.165, 1.54) is 6.92 Å². The van der Waals surface area contributed by atoms with Gasteiger partial charge in [0.25, 0.3) is 0 Å². The summed E-state index contributed by atoms with van der Waals surface area (Å²) in [5.74, 6) is -0.332. The van der Waals surface area contributed by atoms with Gasteiger partial charge >= 0.3 is 14.8 Å². The Balaban J connectivity index is 4.99. The van der Waals surface area contributed by atoms with Crippen molar-refractivity contribution in [1.29, 1.82) is 0 Å². The zero-order valence-electron chi connectivity index (χ0n) is 15.3. The molecule has 0 rings (SSSR count). The molecule has 0 aromatic rings. The van der Waals surface area contributed by atoms with E-state index < -0.39 is 14.5 Å². The molecule has 2 unspecified atom stereocenters. The van der Waals surface area contributed by atoms with Crippen LogP contribution in [0.1, 0.15) is 66.7 Å². The Labute approximate surface area is 148 Å². The third-order valence-corrected chi connectivity index (χ3v) is 7.15. The van der Waals surface area contributed by atoms with Crippen LogP contribution in [0, 0.1) is 0 Å². The average Bonchev–Trinajstić information content (AvgIpc) is 2.46. The van der Waals surface area contributed by atoms with Crippen LogP contribution in [0.2, 0.25) is 0 Å². The lowest BCUT2D eigenvalue weighted by Crippen LogP contribution is -2.58. The Kier molecular flexibility index (Phi) is 13.2. The van der Waals surface area contributed by atoms with E-state index in [1.807, 2.05) is 20.8 Å². The Morgan fingerprint density at radius 1 is 0.957 bits per heavy atom. The summed E-state index contributed by atoms with van der Waals surface area (Å²) in [5, 5.41) is 0.375. The number of rotatable bonds is 14. The van der Waals surface area contributed by atoms with Crippen molar-refractivity contribution >= 4 is 27.4 Å². The summed E-state index contributed by atoms with van der Waals surface area (Å²) < 4.78 is 23.2. The molecule has 138 valence electrons. The molecule has 0 spiro atoms. The van der Waals surface area contributed by atoms with Crippen molar-refractivity contribution in [2.24, 2.45) is 0 Å². The molecule has 0 aliphatic rings. The van der Waals surface area contributed by atoms with Crippen LogP contribution in [0.25, 0.3) is 0 Å². The van der Waals surface area contributed by atoms with Gasteiger partial charge in [0.15, 0.2) is 5.73 Å². The van der Waals surface area contributed by atoms with E-state index in [4.69, 9.17) is 18.0 Å². The van der Waals surface area contributed by atoms with E-state index in [-0.39, 0.29) is 5.97 Å². The Morgan fingerprint density at radius 2 is 1.48 bits per heavy atom. The molecule has 0 radical (unpaired) electrons. The summed E-state index contributed by atoms with van der Waals surface area (Å²) in [6.07, 6.45) is 4.76. The minimum absolute atomic E-state index is 0.332. The SMILES string of the molecule is CCCC(S)CCCC(OC(C)=O)[Si](OCC)(OCC)OCC. The summed E-state index contributed by atoms with van der Waals surface area (Å²) in [6.45, 7) is 10.7. The first kappa shape index (κ1) is 22.9. The fourth-order valence-corrected chi connectivity index (χ4v) is 5.86. The predicted molar refractivity (Wildman–Crippen MR) is 97.7 cm³/mol. The van der Waals surface area contributed by atoms with Crippen LogP contribution in [0.4, 0.5) is 0 Å². The average molecular weight is 367 g/mol. The smallest absolute Gasteiger partial charge is 0.458 e. The van der Waals surface area contributed by atoms with Crippen molar-refractivity contribution in [2.45, 2.75) is 77.7 Å². The van der Waals surface area contributed by atoms with Crippen LogP contribution in [-0.2, 0) is 22.8 Å². The van der Waals surface area contributed by atoms with Gasteiger partial charge in [0.2, 0.25) is 0 Å². The van der Waals surface area contributed by atoms with Gasteiger partial charge in [0, 0.05) is 32.0 Å². The second-order valence-electron chi connectivity index (χ2n) is 5.37. The predicted octanol–water partition coefficient (Wildman–Crippen LogP) is 3.77. The number of hydrogen-bond donors (Lipinski definition) is 1. The molecule has 0 aromatic heterocycles. The van der Waals surface area contributed by atoms with E-state index in [0.29, 0.717) is 31.5 Å². The number of carbonyl (C=O) groups is 1. The molecule has 7 heteroatoms. The molecule has 0 heterocycles. The van der Waals surface area contributed by atoms with Gasteiger partial charge in [-0.15, -0.1) is 0 Å². The fourth-order valence-electron chi connectivity index (χ4n) is 2.53. The topological polar surface area (TPSA) is 54.0 Å². The number of ether oxygens (including phenoxy) is 1. The lowest BCUT2D eigenvalue weighted by atomic mass is 10.1. The molecule has 0 aliphatic carbocycles. The van der Waals surface area contributed by atoms with Gasteiger partial charge in [0.05, 0.1) is 0 Å². The highest BCUT2D eigenvalue weighted by molar-refractivity contribution is 7.80. The molecule has 0 amide bonds. The Hall–Kier alpha value is -0.0831. The first-order valence-corrected chi connectivity index (χ1v) is 11.0. The molecule has 0 aromatic carbocycles. The van der Waals surface area contributed by atoms with Gasteiger partial charge in [-0.05, 0) is 46.5 Å². The molecule has 5 nitrogen and oxygen atoms in total. The van der Waals surface area contributed by atoms with E-state index in [0.717, 1.165) is 25.7 Å². The van der Waals surface area contributed by atoms with Crippen LogP contribution in [0.5, 0.6) is 0 Å². The zero-order chi connectivity index (χ0) is 17.7. The number of thiol groups is 1. The first-order valence-electron chi connectivity index (χ1n) is 8.72. The largest absolute Gasteiger partial charge is 0.544 e. The second kappa shape index (κ2) is 13.2. The summed E-state index contributed by atoms with van der Waals surface area (Å²) in [4.78, 5) is 11.5. The number of hydrogen-bond acceptors (Lipinski definition) is 6. The van der Waals surface area contributed by atoms with Crippen molar-refractivity contribution in [3.05, 3.63) is 0 Å². The maximum absolute atomic E-state index is 11.5. The van der Waals surface area contributed by atoms with Gasteiger partial charge in [0.1, 0.15) is 0 Å². The van der Waals surface area contributed by atoms with E-state index in [9.17, 15) is 4.79 Å². The fraction of sp³-hybridized carbons (Fsp3) is 0.938. The molecule has 23 heavy (non-hydrogen) atoms. The van der Waals surface area contributed by atoms with Crippen LogP contribution in [-0.4, -0.2) is 45.6 Å². The molecule has 0 aliphatic heterocycles. The first-order chi connectivity index (χ1) is 11.0. The summed E-state index contributed by atoms with van der Waals surface area (Å²) in [7, 11) is -3.05. The van der Waals surface area contributed by atoms with Gasteiger partial charge in [-0.3, -0.25) is 4.79 Å². The lowest BCUT2D eigenvalue weighted by Gasteiger charge is -2.34. The third kappa shape index (κ3) is 9.10. The standard InChI is InChI=1S/C16H34O5SSi/c1-6-11-15(22)12-10-13-16(21-14(5)17)23(18-7-2,19-8-3)20-9-4/h15-16,22H,6-13H2,1-5H3. The maximum Gasteiger partial charge on any atom is 0.544 e. The molecule has 0 fully saturated rings. The normalized spacial score (nSPS) is 14.5. The van der Waals surface area contributed by atoms with Crippen LogP contribution in [0.15, 0.2) is 0 Å². The van der Waals surface area contributed by atoms with Crippen molar-refractivity contribution in [3.63, 3.8) is 0 Å². The van der Waals surface area contributed by atoms with Crippen molar-refractivity contribution in [2.75, 3.05) is 19.8 Å². The van der Waals surface area contributed by atoms with Crippen LogP contribution < -0.4 is 0 Å². The van der Waals surface area contributed by atoms with Gasteiger partial charge in [-0.2, -0.15) is 12.6 Å². The second-order valence-corrected chi connectivity index (χ2v) is 8.82. The highest BCUT2D eigenvalue weighted by Crippen LogP contribution is 2.24. The molecule has 2 atom stereocenters. The van der Waals surface area contributed by atoms with Crippen molar-refractivity contribution in [3.8, 4) is 0 Å². The van der Waals surface area contributed by atoms with Gasteiger partial charge < -0.3 is 18.0 Å². The summed E-state index contributed by atoms with van der Waals surface area (Å²) in [6, 6.07) is 0. The maximum atomic E-state index is 11.5. The van der Waals surface area contributed by atoms with Gasteiger partial charge in [-0.25, -0.2) is 0 Å². The quantitative estimate of drug-likeness (QED) is 0.288. The minimum Gasteiger partial charge on any atom is -0.458 e. The van der Waals surface area contributed by atoms with Crippen molar-refractivity contribution < 1.29 is 22.8 Å². The van der Waals surface area contributed by atoms with Gasteiger partial charge in [-0.1, -0.05) is 13.3 Å². The molecule has 0 N–H and O–H groups in total. The van der Waals surface area contributed by atoms with Crippen LogP contribution >= 0.6 is 12.6 Å². The Bertz CT molecular complexity index is 300. The van der Waals surface area contributed by atoms with Crippen molar-refractivity contribution in [1.82, 2.24) is 0 Å². The molecular weight excluding hydrogens is 332 g/mol. The molecular formula is C16H34O5SSi. The highest BCUT2D eigenvalue weighted by atomic mass is 32.1. The molecule has 0 saturated carbocycles. The monoisotopic (exact) mass is 366 g/mol. The Morgan fingerprint density at radius 3 is 1.87 bits per heavy atom. The zero-order valence-corrected chi connectivity index (χ0v) is 17.2. The molecule has 0 saturated heterocycles. The lowest BCUT2D eigenvalue weighted by molar-refractivity contribution is -0.146. The van der Waals surface area contributed by atoms with E-state index >= 15 is 0 Å². The summed E-state index contributed by atoms with van der Waals surface area (Å²) in [5.41, 5.74) is -0.456. The minimum atomic E-state index is -3.05. The molecule has 0 bridgehead atoms. The van der Waals surface area contributed by atoms with E-state index in [1.54, 1.807) is 0 Å². The summed E-state index contributed by atoms with van der Waals surface area (Å²) >= 11 is 4.59. The third-order valence-electron chi connectivity index (χ3n) is 3.36. The van der Waals surface area contributed by atoms with Crippen LogP contribution in [0.3, 0.4) is 0 Å². The highest BCUT2D eigenvalue weighted by Gasteiger charge is 2.51. The number of carbonyl (C=O) groups excluding carboxylic acids is 1.